The van der Waals surface area contributed by atoms with Crippen LogP contribution in [0.4, 0.5) is 0 Å². The van der Waals surface area contributed by atoms with Crippen LogP contribution in [0.2, 0.25) is 10.0 Å². The molecule has 0 aliphatic carbocycles. The molecule has 0 spiro atoms. The topological polar surface area (TPSA) is 50.4 Å². The quantitative estimate of drug-likeness (QED) is 0.447. The van der Waals surface area contributed by atoms with Gasteiger partial charge < -0.3 is 11.1 Å². The van der Waals surface area contributed by atoms with E-state index in [0.29, 0.717) is 29.0 Å². The Morgan fingerprint density at radius 2 is 1.79 bits per heavy atom. The number of nitrogens with zero attached hydrogens (tertiary/aromatic N) is 1. The molecule has 1 aromatic rings. The normalized spacial score (nSPS) is 11.9. The van der Waals surface area contributed by atoms with Gasteiger partial charge in [-0.1, -0.05) is 29.3 Å². The van der Waals surface area contributed by atoms with Crippen molar-refractivity contribution in [1.29, 1.82) is 0 Å². The number of nitrogens with one attached hydrogen (secondary N) is 1. The van der Waals surface area contributed by atoms with Crippen molar-refractivity contribution in [3.8, 4) is 0 Å². The highest BCUT2D eigenvalue weighted by Crippen LogP contribution is 2.24. The molecule has 0 atom stereocenters. The van der Waals surface area contributed by atoms with E-state index in [1.54, 1.807) is 0 Å². The molecular formula is C13H20Cl2IN3. The summed E-state index contributed by atoms with van der Waals surface area (Å²) < 4.78 is 0. The predicted octanol–water partition coefficient (Wildman–Crippen LogP) is 3.86. The molecule has 1 rings (SSSR count). The van der Waals surface area contributed by atoms with Crippen molar-refractivity contribution in [2.75, 3.05) is 6.54 Å². The lowest BCUT2D eigenvalue weighted by Gasteiger charge is -2.21. The summed E-state index contributed by atoms with van der Waals surface area (Å²) in [5, 5.41) is 4.43. The van der Waals surface area contributed by atoms with E-state index in [1.807, 2.05) is 39.0 Å². The highest BCUT2D eigenvalue weighted by atomic mass is 127. The first kappa shape index (κ1) is 18.8. The summed E-state index contributed by atoms with van der Waals surface area (Å²) in [4.78, 5) is 4.25. The van der Waals surface area contributed by atoms with Crippen LogP contribution in [0, 0.1) is 0 Å². The Bertz CT molecular complexity index is 422. The number of hydrogen-bond acceptors (Lipinski definition) is 1. The molecular weight excluding hydrogens is 396 g/mol. The number of nitrogens with two attached hydrogens (primary N) is 1. The van der Waals surface area contributed by atoms with Crippen LogP contribution in [0.1, 0.15) is 26.3 Å². The molecule has 0 amide bonds. The molecule has 0 saturated carbocycles. The zero-order valence-electron chi connectivity index (χ0n) is 11.3. The van der Waals surface area contributed by atoms with Crippen LogP contribution in [0.3, 0.4) is 0 Å². The second-order valence-corrected chi connectivity index (χ2v) is 5.91. The van der Waals surface area contributed by atoms with Crippen LogP contribution in [0.15, 0.2) is 23.2 Å². The van der Waals surface area contributed by atoms with Crippen molar-refractivity contribution in [1.82, 2.24) is 5.32 Å². The van der Waals surface area contributed by atoms with E-state index < -0.39 is 0 Å². The summed E-state index contributed by atoms with van der Waals surface area (Å²) in [6.45, 7) is 6.64. The highest BCUT2D eigenvalue weighted by Gasteiger charge is 2.10. The minimum atomic E-state index is -0.0877. The van der Waals surface area contributed by atoms with Gasteiger partial charge in [0.25, 0.3) is 0 Å². The number of halogens is 3. The van der Waals surface area contributed by atoms with E-state index in [-0.39, 0.29) is 29.5 Å². The summed E-state index contributed by atoms with van der Waals surface area (Å²) in [6, 6.07) is 5.47. The molecule has 108 valence electrons. The van der Waals surface area contributed by atoms with Crippen LogP contribution >= 0.6 is 47.2 Å². The van der Waals surface area contributed by atoms with Gasteiger partial charge in [0, 0.05) is 22.1 Å². The molecule has 6 heteroatoms. The number of aliphatic imine (C=N–C) groups is 1. The lowest BCUT2D eigenvalue weighted by atomic mass is 10.1. The van der Waals surface area contributed by atoms with E-state index in [0.717, 1.165) is 5.56 Å². The third-order valence-electron chi connectivity index (χ3n) is 2.21. The van der Waals surface area contributed by atoms with Gasteiger partial charge >= 0.3 is 0 Å². The number of hydrogen-bond donors (Lipinski definition) is 2. The minimum absolute atomic E-state index is 0. The highest BCUT2D eigenvalue weighted by molar-refractivity contribution is 14.0. The van der Waals surface area contributed by atoms with Crippen molar-refractivity contribution in [2.45, 2.75) is 32.7 Å². The lowest BCUT2D eigenvalue weighted by molar-refractivity contribution is 0.508. The number of benzene rings is 1. The van der Waals surface area contributed by atoms with Gasteiger partial charge in [0.1, 0.15) is 0 Å². The zero-order chi connectivity index (χ0) is 13.8. The van der Waals surface area contributed by atoms with Gasteiger partial charge in [0.15, 0.2) is 5.96 Å². The van der Waals surface area contributed by atoms with Crippen molar-refractivity contribution >= 4 is 53.1 Å². The third-order valence-corrected chi connectivity index (χ3v) is 2.92. The smallest absolute Gasteiger partial charge is 0.188 e. The Balaban J connectivity index is 0.00000324. The molecule has 3 N–H and O–H groups in total. The molecule has 19 heavy (non-hydrogen) atoms. The lowest BCUT2D eigenvalue weighted by Crippen LogP contribution is -2.45. The molecule has 0 fully saturated rings. The Morgan fingerprint density at radius 3 is 2.26 bits per heavy atom. The van der Waals surface area contributed by atoms with Crippen LogP contribution < -0.4 is 11.1 Å². The second kappa shape index (κ2) is 8.17. The van der Waals surface area contributed by atoms with Crippen LogP contribution in [-0.4, -0.2) is 18.0 Å². The van der Waals surface area contributed by atoms with Gasteiger partial charge in [-0.3, -0.25) is 4.99 Å². The molecule has 0 aliphatic rings. The maximum atomic E-state index is 6.07. The van der Waals surface area contributed by atoms with E-state index in [2.05, 4.69) is 10.3 Å². The van der Waals surface area contributed by atoms with E-state index in [4.69, 9.17) is 28.9 Å². The fourth-order valence-corrected chi connectivity index (χ4v) is 2.07. The van der Waals surface area contributed by atoms with Gasteiger partial charge in [-0.25, -0.2) is 0 Å². The fourth-order valence-electron chi connectivity index (χ4n) is 1.48. The average Bonchev–Trinajstić information content (AvgIpc) is 2.19. The largest absolute Gasteiger partial charge is 0.370 e. The van der Waals surface area contributed by atoms with Crippen LogP contribution in [0.5, 0.6) is 0 Å². The molecule has 3 nitrogen and oxygen atoms in total. The summed E-state index contributed by atoms with van der Waals surface area (Å²) in [7, 11) is 0. The molecule has 0 radical (unpaired) electrons. The van der Waals surface area contributed by atoms with Crippen molar-refractivity contribution in [3.63, 3.8) is 0 Å². The molecule has 0 saturated heterocycles. The average molecular weight is 416 g/mol. The number of rotatable bonds is 3. The summed E-state index contributed by atoms with van der Waals surface area (Å²) in [5.74, 6) is 0.436. The van der Waals surface area contributed by atoms with Gasteiger partial charge in [-0.15, -0.1) is 24.0 Å². The zero-order valence-corrected chi connectivity index (χ0v) is 15.2. The van der Waals surface area contributed by atoms with E-state index >= 15 is 0 Å². The fraction of sp³-hybridized carbons (Fsp3) is 0.462. The molecule has 0 aromatic heterocycles. The first-order valence-electron chi connectivity index (χ1n) is 5.80. The standard InChI is InChI=1S/C13H19Cl2N3.HI/c1-13(2,3)18-12(16)17-8-7-9-10(14)5-4-6-11(9)15;/h4-6H,7-8H2,1-3H3,(H3,16,17,18);1H. The molecule has 0 bridgehead atoms. The summed E-state index contributed by atoms with van der Waals surface area (Å²) in [5.41, 5.74) is 6.60. The Morgan fingerprint density at radius 1 is 1.26 bits per heavy atom. The first-order chi connectivity index (χ1) is 8.29. The van der Waals surface area contributed by atoms with Crippen molar-refractivity contribution < 1.29 is 0 Å². The second-order valence-electron chi connectivity index (χ2n) is 5.09. The Hall–Kier alpha value is -0.200. The van der Waals surface area contributed by atoms with Gasteiger partial charge in [-0.05, 0) is 44.9 Å². The van der Waals surface area contributed by atoms with Crippen molar-refractivity contribution in [2.24, 2.45) is 10.7 Å². The van der Waals surface area contributed by atoms with Crippen molar-refractivity contribution in [3.05, 3.63) is 33.8 Å². The SMILES string of the molecule is CC(C)(C)NC(N)=NCCc1c(Cl)cccc1Cl.I. The third kappa shape index (κ3) is 7.22. The maximum absolute atomic E-state index is 6.07. The van der Waals surface area contributed by atoms with Gasteiger partial charge in [0.2, 0.25) is 0 Å². The first-order valence-corrected chi connectivity index (χ1v) is 6.56. The molecule has 0 heterocycles. The predicted molar refractivity (Wildman–Crippen MR) is 95.0 cm³/mol. The van der Waals surface area contributed by atoms with Crippen LogP contribution in [-0.2, 0) is 6.42 Å². The Kier molecular flexibility index (Phi) is 8.08. The molecule has 0 aliphatic heterocycles. The Labute approximate surface area is 142 Å². The van der Waals surface area contributed by atoms with Gasteiger partial charge in [0.05, 0.1) is 0 Å². The molecule has 1 aromatic carbocycles. The number of guanidine groups is 1. The maximum Gasteiger partial charge on any atom is 0.188 e. The monoisotopic (exact) mass is 415 g/mol. The summed E-state index contributed by atoms with van der Waals surface area (Å²) >= 11 is 12.1. The van der Waals surface area contributed by atoms with Crippen LogP contribution in [0.25, 0.3) is 0 Å². The van der Waals surface area contributed by atoms with E-state index in [1.165, 1.54) is 0 Å². The summed E-state index contributed by atoms with van der Waals surface area (Å²) in [6.07, 6.45) is 0.672. The van der Waals surface area contributed by atoms with Gasteiger partial charge in [-0.2, -0.15) is 0 Å². The molecule has 0 unspecified atom stereocenters. The minimum Gasteiger partial charge on any atom is -0.370 e. The van der Waals surface area contributed by atoms with E-state index in [9.17, 15) is 0 Å².